The van der Waals surface area contributed by atoms with Gasteiger partial charge in [0.2, 0.25) is 0 Å². The smallest absolute Gasteiger partial charge is 0.0864 e. The summed E-state index contributed by atoms with van der Waals surface area (Å²) >= 11 is 0. The van der Waals surface area contributed by atoms with Crippen molar-refractivity contribution in [3.05, 3.63) is 119 Å². The van der Waals surface area contributed by atoms with E-state index in [4.69, 9.17) is 0 Å². The predicted octanol–water partition coefficient (Wildman–Crippen LogP) is 7.46. The fourth-order valence-corrected chi connectivity index (χ4v) is 3.77. The van der Waals surface area contributed by atoms with Gasteiger partial charge < -0.3 is 5.32 Å². The average Bonchev–Trinajstić information content (AvgIpc) is 3.13. The largest absolute Gasteiger partial charge is 0.368 e. The molecule has 1 aromatic rings. The molecule has 0 amide bonds. The summed E-state index contributed by atoms with van der Waals surface area (Å²) in [4.78, 5) is 0. The van der Waals surface area contributed by atoms with E-state index in [2.05, 4.69) is 105 Å². The van der Waals surface area contributed by atoms with Gasteiger partial charge >= 0.3 is 0 Å². The lowest BCUT2D eigenvalue weighted by molar-refractivity contribution is 0.779. The Morgan fingerprint density at radius 1 is 1.10 bits per heavy atom. The lowest BCUT2D eigenvalue weighted by atomic mass is 10.00. The number of nitrogens with one attached hydrogen (secondary N) is 1. The molecule has 0 saturated carbocycles. The molecule has 3 rings (SSSR count). The normalized spacial score (nSPS) is 18.8. The second kappa shape index (κ2) is 9.99. The maximum absolute atomic E-state index is 4.29. The molecular weight excluding hydrogens is 362 g/mol. The van der Waals surface area contributed by atoms with Crippen molar-refractivity contribution in [2.75, 3.05) is 0 Å². The number of hydrogen-bond donors (Lipinski definition) is 1. The summed E-state index contributed by atoms with van der Waals surface area (Å²) in [6, 6.07) is 8.97. The minimum atomic E-state index is 0.113. The third kappa shape index (κ3) is 5.02. The van der Waals surface area contributed by atoms with Gasteiger partial charge in [-0.25, -0.2) is 0 Å². The zero-order chi connectivity index (χ0) is 21.5. The molecule has 0 heterocycles. The third-order valence-corrected chi connectivity index (χ3v) is 5.46. The zero-order valence-corrected chi connectivity index (χ0v) is 18.4. The quantitative estimate of drug-likeness (QED) is 0.274. The first kappa shape index (κ1) is 21.5. The molecule has 1 nitrogen and oxygen atoms in total. The van der Waals surface area contributed by atoms with Crippen LogP contribution in [-0.2, 0) is 0 Å². The topological polar surface area (TPSA) is 12.0 Å². The van der Waals surface area contributed by atoms with Crippen molar-refractivity contribution in [2.24, 2.45) is 0 Å². The Morgan fingerprint density at radius 2 is 1.83 bits per heavy atom. The summed E-state index contributed by atoms with van der Waals surface area (Å²) in [5, 5.41) is 3.54. The molecule has 0 fully saturated rings. The van der Waals surface area contributed by atoms with Crippen molar-refractivity contribution in [3.8, 4) is 0 Å². The van der Waals surface area contributed by atoms with Gasteiger partial charge in [-0.3, -0.25) is 0 Å². The molecule has 1 aromatic carbocycles. The van der Waals surface area contributed by atoms with E-state index < -0.39 is 0 Å². The van der Waals surface area contributed by atoms with Crippen molar-refractivity contribution < 1.29 is 0 Å². The Morgan fingerprint density at radius 3 is 2.43 bits per heavy atom. The van der Waals surface area contributed by atoms with Crippen molar-refractivity contribution in [2.45, 2.75) is 46.1 Å². The standard InChI is InChI=1S/C29H31N/c1-6-9-21(4)24-11-13-26(14-12-24)27-19-22(5)29(20-27)30-28-17-15-25(16-18-28)23(8-3)10-7-2/h8-15,17,20,29-30H,3,5-7,19H2,1-2,4H3/b21-9+,23-10+. The van der Waals surface area contributed by atoms with Gasteiger partial charge in [-0.2, -0.15) is 0 Å². The summed E-state index contributed by atoms with van der Waals surface area (Å²) in [6.45, 7) is 14.6. The van der Waals surface area contributed by atoms with Crippen LogP contribution < -0.4 is 5.32 Å². The van der Waals surface area contributed by atoms with Crippen molar-refractivity contribution >= 4 is 11.1 Å². The van der Waals surface area contributed by atoms with Crippen LogP contribution >= 0.6 is 0 Å². The predicted molar refractivity (Wildman–Crippen MR) is 131 cm³/mol. The summed E-state index contributed by atoms with van der Waals surface area (Å²) in [6.07, 6.45) is 15.6. The van der Waals surface area contributed by atoms with Crippen LogP contribution in [0.25, 0.3) is 11.1 Å². The maximum Gasteiger partial charge on any atom is 0.0864 e. The molecule has 0 aromatic heterocycles. The SMILES string of the molecule is C=C/C(=C\CC)C1=C=C=C(NC2C=C(c3ccc(/C(C)=C/CC)cc3)CC2=C)C=C1. The second-order valence-electron chi connectivity index (χ2n) is 7.70. The molecule has 152 valence electrons. The Bertz CT molecular complexity index is 1050. The molecule has 2 aliphatic carbocycles. The molecule has 1 heteroatoms. The van der Waals surface area contributed by atoms with Crippen LogP contribution in [-0.4, -0.2) is 6.04 Å². The Balaban J connectivity index is 1.77. The zero-order valence-electron chi connectivity index (χ0n) is 18.4. The number of hydrogen-bond acceptors (Lipinski definition) is 1. The summed E-state index contributed by atoms with van der Waals surface area (Å²) in [5.74, 6) is 0. The Kier molecular flexibility index (Phi) is 7.15. The monoisotopic (exact) mass is 393 g/mol. The Hall–Kier alpha value is -3.24. The van der Waals surface area contributed by atoms with E-state index >= 15 is 0 Å². The minimum Gasteiger partial charge on any atom is -0.368 e. The maximum atomic E-state index is 4.29. The summed E-state index contributed by atoms with van der Waals surface area (Å²) in [5.41, 5.74) is 15.9. The van der Waals surface area contributed by atoms with Crippen molar-refractivity contribution in [3.63, 3.8) is 0 Å². The molecule has 1 atom stereocenters. The molecule has 1 N–H and O–H groups in total. The molecular formula is C29H31N. The molecule has 0 radical (unpaired) electrons. The molecule has 0 bridgehead atoms. The lowest BCUT2D eigenvalue weighted by Crippen LogP contribution is -2.25. The van der Waals surface area contributed by atoms with Crippen molar-refractivity contribution in [1.82, 2.24) is 5.32 Å². The van der Waals surface area contributed by atoms with Crippen LogP contribution in [0.1, 0.15) is 51.2 Å². The van der Waals surface area contributed by atoms with Gasteiger partial charge in [-0.1, -0.05) is 81.3 Å². The van der Waals surface area contributed by atoms with Gasteiger partial charge in [0.1, 0.15) is 0 Å². The fraction of sp³-hybridized carbons (Fsp3) is 0.241. The van der Waals surface area contributed by atoms with Gasteiger partial charge in [0.25, 0.3) is 0 Å². The van der Waals surface area contributed by atoms with E-state index in [0.29, 0.717) is 0 Å². The van der Waals surface area contributed by atoms with E-state index in [-0.39, 0.29) is 6.04 Å². The van der Waals surface area contributed by atoms with Gasteiger partial charge in [0.05, 0.1) is 11.7 Å². The highest BCUT2D eigenvalue weighted by Gasteiger charge is 2.21. The summed E-state index contributed by atoms with van der Waals surface area (Å²) in [7, 11) is 0. The Labute approximate surface area is 181 Å². The first-order valence-corrected chi connectivity index (χ1v) is 10.7. The highest BCUT2D eigenvalue weighted by atomic mass is 14.9. The van der Waals surface area contributed by atoms with E-state index in [9.17, 15) is 0 Å². The average molecular weight is 394 g/mol. The third-order valence-electron chi connectivity index (χ3n) is 5.46. The highest BCUT2D eigenvalue weighted by Crippen LogP contribution is 2.32. The first-order valence-electron chi connectivity index (χ1n) is 10.7. The van der Waals surface area contributed by atoms with Crippen LogP contribution in [0.3, 0.4) is 0 Å². The molecule has 0 aliphatic heterocycles. The fourth-order valence-electron chi connectivity index (χ4n) is 3.77. The second-order valence-corrected chi connectivity index (χ2v) is 7.70. The van der Waals surface area contributed by atoms with Gasteiger partial charge in [-0.15, -0.1) is 0 Å². The summed E-state index contributed by atoms with van der Waals surface area (Å²) < 4.78 is 0. The van der Waals surface area contributed by atoms with E-state index in [1.54, 1.807) is 0 Å². The van der Waals surface area contributed by atoms with Crippen LogP contribution in [0.4, 0.5) is 0 Å². The van der Waals surface area contributed by atoms with Gasteiger partial charge in [0.15, 0.2) is 0 Å². The molecule has 2 aliphatic rings. The van der Waals surface area contributed by atoms with Crippen LogP contribution in [0, 0.1) is 0 Å². The minimum absolute atomic E-state index is 0.113. The molecule has 0 saturated heterocycles. The van der Waals surface area contributed by atoms with E-state index in [1.165, 1.54) is 27.8 Å². The lowest BCUT2D eigenvalue weighted by Gasteiger charge is -2.14. The molecule has 0 spiro atoms. The van der Waals surface area contributed by atoms with Crippen LogP contribution in [0.5, 0.6) is 0 Å². The van der Waals surface area contributed by atoms with Crippen LogP contribution in [0.2, 0.25) is 0 Å². The first-order chi connectivity index (χ1) is 14.5. The number of rotatable bonds is 8. The van der Waals surface area contributed by atoms with E-state index in [1.807, 2.05) is 6.08 Å². The molecule has 30 heavy (non-hydrogen) atoms. The van der Waals surface area contributed by atoms with Crippen molar-refractivity contribution in [1.29, 1.82) is 0 Å². The highest BCUT2D eigenvalue weighted by molar-refractivity contribution is 5.74. The molecule has 1 unspecified atom stereocenters. The van der Waals surface area contributed by atoms with Gasteiger partial charge in [-0.05, 0) is 77.5 Å². The van der Waals surface area contributed by atoms with Crippen LogP contribution in [0.15, 0.2) is 108 Å². The van der Waals surface area contributed by atoms with Gasteiger partial charge in [0, 0.05) is 5.57 Å². The number of benzene rings is 1. The van der Waals surface area contributed by atoms with E-state index in [0.717, 1.165) is 36.1 Å². The number of allylic oxidation sites excluding steroid dienone is 9.